The number of aryl methyl sites for hydroxylation is 1. The zero-order chi connectivity index (χ0) is 23.4. The van der Waals surface area contributed by atoms with Crippen LogP contribution in [-0.4, -0.2) is 45.6 Å². The maximum Gasteiger partial charge on any atom is 0.410 e. The van der Waals surface area contributed by atoms with Crippen molar-refractivity contribution in [2.75, 3.05) is 7.05 Å². The first-order chi connectivity index (χ1) is 15.9. The van der Waals surface area contributed by atoms with E-state index >= 15 is 0 Å². The Labute approximate surface area is 198 Å². The molecule has 1 aromatic carbocycles. The van der Waals surface area contributed by atoms with Crippen LogP contribution >= 0.6 is 11.5 Å². The fraction of sp³-hybridized carbons (Fsp3) is 0.560. The molecule has 1 heterocycles. The molecule has 2 aromatic rings. The monoisotopic (exact) mass is 472 g/mol. The Kier molecular flexibility index (Phi) is 7.53. The van der Waals surface area contributed by atoms with Gasteiger partial charge in [-0.3, -0.25) is 4.79 Å². The van der Waals surface area contributed by atoms with Crippen LogP contribution in [-0.2, 0) is 16.1 Å². The number of ether oxygens (including phenoxy) is 2. The summed E-state index contributed by atoms with van der Waals surface area (Å²) >= 11 is 1.41. The van der Waals surface area contributed by atoms with Crippen molar-refractivity contribution in [1.29, 1.82) is 0 Å². The van der Waals surface area contributed by atoms with Crippen LogP contribution in [0.4, 0.5) is 4.79 Å². The molecule has 1 aromatic heterocycles. The van der Waals surface area contributed by atoms with Gasteiger partial charge in [0.2, 0.25) is 0 Å². The Balaban J connectivity index is 1.38. The van der Waals surface area contributed by atoms with Gasteiger partial charge in [0.25, 0.3) is 0 Å². The van der Waals surface area contributed by atoms with Crippen molar-refractivity contribution < 1.29 is 24.2 Å². The molecule has 1 unspecified atom stereocenters. The quantitative estimate of drug-likeness (QED) is 0.560. The van der Waals surface area contributed by atoms with Gasteiger partial charge in [-0.05, 0) is 81.2 Å². The van der Waals surface area contributed by atoms with Crippen molar-refractivity contribution >= 4 is 23.6 Å². The van der Waals surface area contributed by atoms with Crippen LogP contribution in [0.1, 0.15) is 61.8 Å². The molecular formula is C25H32N2O5S. The molecule has 1 amide bonds. The minimum absolute atomic E-state index is 0.0703. The van der Waals surface area contributed by atoms with Crippen LogP contribution in [0.15, 0.2) is 24.3 Å². The van der Waals surface area contributed by atoms with Crippen LogP contribution < -0.4 is 4.74 Å². The first-order valence-corrected chi connectivity index (χ1v) is 12.5. The molecule has 2 saturated carbocycles. The molecule has 1 N–H and O–H groups in total. The van der Waals surface area contributed by atoms with Crippen molar-refractivity contribution in [3.63, 3.8) is 0 Å². The SMILES string of the molecule is Cc1snc(-c2ccc(OC3CCC[C@H](C(=O)O)C3)cc2)c1COC(=O)N(C)C1CCCC1. The maximum atomic E-state index is 12.5. The third-order valence-corrected chi connectivity index (χ3v) is 7.69. The van der Waals surface area contributed by atoms with Crippen molar-refractivity contribution in [1.82, 2.24) is 9.27 Å². The highest BCUT2D eigenvalue weighted by Crippen LogP contribution is 2.32. The second kappa shape index (κ2) is 10.5. The number of aromatic nitrogens is 1. The Morgan fingerprint density at radius 3 is 2.55 bits per heavy atom. The number of aliphatic carboxylic acids is 1. The van der Waals surface area contributed by atoms with E-state index in [4.69, 9.17) is 9.47 Å². The summed E-state index contributed by atoms with van der Waals surface area (Å²) in [6.45, 7) is 2.19. The molecule has 33 heavy (non-hydrogen) atoms. The number of carbonyl (C=O) groups is 2. The maximum absolute atomic E-state index is 12.5. The largest absolute Gasteiger partial charge is 0.490 e. The summed E-state index contributed by atoms with van der Waals surface area (Å²) in [4.78, 5) is 26.6. The van der Waals surface area contributed by atoms with E-state index in [0.717, 1.165) is 59.6 Å². The Bertz CT molecular complexity index is 968. The highest BCUT2D eigenvalue weighted by molar-refractivity contribution is 7.06. The third-order valence-electron chi connectivity index (χ3n) is 6.89. The molecule has 0 bridgehead atoms. The van der Waals surface area contributed by atoms with Crippen molar-refractivity contribution in [2.24, 2.45) is 5.92 Å². The lowest BCUT2D eigenvalue weighted by Crippen LogP contribution is -2.35. The van der Waals surface area contributed by atoms with Crippen LogP contribution in [0.25, 0.3) is 11.3 Å². The van der Waals surface area contributed by atoms with Gasteiger partial charge < -0.3 is 19.5 Å². The summed E-state index contributed by atoms with van der Waals surface area (Å²) in [5.41, 5.74) is 2.69. The van der Waals surface area contributed by atoms with E-state index in [-0.39, 0.29) is 30.8 Å². The van der Waals surface area contributed by atoms with Gasteiger partial charge >= 0.3 is 12.1 Å². The number of carbonyl (C=O) groups excluding carboxylic acids is 1. The number of carboxylic acid groups (broad SMARTS) is 1. The molecule has 2 aliphatic carbocycles. The average molecular weight is 473 g/mol. The average Bonchev–Trinajstić information content (AvgIpc) is 3.48. The minimum Gasteiger partial charge on any atom is -0.490 e. The number of hydrogen-bond donors (Lipinski definition) is 1. The van der Waals surface area contributed by atoms with E-state index in [9.17, 15) is 14.7 Å². The minimum atomic E-state index is -0.736. The summed E-state index contributed by atoms with van der Waals surface area (Å²) in [7, 11) is 1.82. The third kappa shape index (κ3) is 5.66. The van der Waals surface area contributed by atoms with E-state index in [1.165, 1.54) is 24.4 Å². The van der Waals surface area contributed by atoms with Crippen LogP contribution in [0.3, 0.4) is 0 Å². The number of nitrogens with zero attached hydrogens (tertiary/aromatic N) is 2. The zero-order valence-corrected chi connectivity index (χ0v) is 20.1. The van der Waals surface area contributed by atoms with Gasteiger partial charge in [0.15, 0.2) is 0 Å². The summed E-state index contributed by atoms with van der Waals surface area (Å²) in [6, 6.07) is 7.99. The summed E-state index contributed by atoms with van der Waals surface area (Å²) in [5.74, 6) is -0.327. The number of benzene rings is 1. The van der Waals surface area contributed by atoms with Gasteiger partial charge in [-0.2, -0.15) is 4.37 Å². The zero-order valence-electron chi connectivity index (χ0n) is 19.3. The van der Waals surface area contributed by atoms with Gasteiger partial charge in [-0.15, -0.1) is 0 Å². The highest BCUT2D eigenvalue weighted by atomic mass is 32.1. The van der Waals surface area contributed by atoms with Gasteiger partial charge in [0.1, 0.15) is 12.4 Å². The molecule has 0 radical (unpaired) electrons. The molecule has 2 fully saturated rings. The summed E-state index contributed by atoms with van der Waals surface area (Å²) in [6.07, 6.45) is 7.09. The van der Waals surface area contributed by atoms with Gasteiger partial charge in [-0.1, -0.05) is 12.8 Å². The van der Waals surface area contributed by atoms with E-state index in [1.54, 1.807) is 4.90 Å². The fourth-order valence-electron chi connectivity index (χ4n) is 4.82. The first-order valence-electron chi connectivity index (χ1n) is 11.8. The lowest BCUT2D eigenvalue weighted by atomic mass is 9.87. The van der Waals surface area contributed by atoms with Crippen molar-refractivity contribution in [3.05, 3.63) is 34.7 Å². The molecule has 0 spiro atoms. The lowest BCUT2D eigenvalue weighted by Gasteiger charge is -2.27. The number of hydrogen-bond acceptors (Lipinski definition) is 6. The predicted molar refractivity (Wildman–Crippen MR) is 127 cm³/mol. The fourth-order valence-corrected chi connectivity index (χ4v) is 5.53. The van der Waals surface area contributed by atoms with Crippen LogP contribution in [0.5, 0.6) is 5.75 Å². The standard InChI is InChI=1S/C25H32N2O5S/c1-16-22(15-31-25(30)27(2)19-7-3-4-8-19)23(26-33-16)17-10-12-20(13-11-17)32-21-9-5-6-18(14-21)24(28)29/h10-13,18-19,21H,3-9,14-15H2,1-2H3,(H,28,29)/t18-,21?/m0/s1. The number of carboxylic acids is 1. The van der Waals surface area contributed by atoms with Crippen LogP contribution in [0.2, 0.25) is 0 Å². The normalized spacial score (nSPS) is 21.0. The lowest BCUT2D eigenvalue weighted by molar-refractivity contribution is -0.143. The Morgan fingerprint density at radius 1 is 1.12 bits per heavy atom. The first kappa shape index (κ1) is 23.5. The Morgan fingerprint density at radius 2 is 1.85 bits per heavy atom. The smallest absolute Gasteiger partial charge is 0.410 e. The van der Waals surface area contributed by atoms with Crippen molar-refractivity contribution in [2.45, 2.75) is 77.0 Å². The molecule has 0 aliphatic heterocycles. The topological polar surface area (TPSA) is 89.0 Å². The van der Waals surface area contributed by atoms with E-state index in [1.807, 2.05) is 38.2 Å². The summed E-state index contributed by atoms with van der Waals surface area (Å²) < 4.78 is 16.3. The molecule has 8 heteroatoms. The molecule has 2 atom stereocenters. The Hall–Kier alpha value is -2.61. The number of rotatable bonds is 7. The molecule has 2 aliphatic rings. The van der Waals surface area contributed by atoms with Crippen LogP contribution in [0, 0.1) is 12.8 Å². The van der Waals surface area contributed by atoms with E-state index in [0.29, 0.717) is 6.42 Å². The predicted octanol–water partition coefficient (Wildman–Crippen LogP) is 5.65. The molecule has 0 saturated heterocycles. The molecule has 7 nitrogen and oxygen atoms in total. The number of amides is 1. The summed E-state index contributed by atoms with van der Waals surface area (Å²) in [5, 5.41) is 9.28. The molecular weight excluding hydrogens is 440 g/mol. The molecule has 178 valence electrons. The second-order valence-corrected chi connectivity index (χ2v) is 10.1. The van der Waals surface area contributed by atoms with Gasteiger partial charge in [0, 0.05) is 29.1 Å². The van der Waals surface area contributed by atoms with Gasteiger partial charge in [0.05, 0.1) is 17.7 Å². The van der Waals surface area contributed by atoms with E-state index in [2.05, 4.69) is 4.37 Å². The van der Waals surface area contributed by atoms with Gasteiger partial charge in [-0.25, -0.2) is 4.79 Å². The molecule has 4 rings (SSSR count). The highest BCUT2D eigenvalue weighted by Gasteiger charge is 2.28. The van der Waals surface area contributed by atoms with E-state index < -0.39 is 5.97 Å². The van der Waals surface area contributed by atoms with Crippen molar-refractivity contribution in [3.8, 4) is 17.0 Å². The second-order valence-electron chi connectivity index (χ2n) is 9.14.